The third-order valence-electron chi connectivity index (χ3n) is 9.75. The van der Waals surface area contributed by atoms with E-state index >= 15 is 0 Å². The van der Waals surface area contributed by atoms with E-state index in [1.54, 1.807) is 17.5 Å². The molecule has 1 aliphatic carbocycles. The molecule has 2 aromatic rings. The first-order valence-corrected chi connectivity index (χ1v) is 19.4. The molecule has 12 heteroatoms. The van der Waals surface area contributed by atoms with Crippen molar-refractivity contribution < 1.29 is 27.9 Å². The molecule has 4 N–H and O–H groups in total. The second kappa shape index (κ2) is 15.2. The van der Waals surface area contributed by atoms with Crippen molar-refractivity contribution in [3.8, 4) is 0 Å². The fourth-order valence-electron chi connectivity index (χ4n) is 6.79. The number of sulfone groups is 1. The van der Waals surface area contributed by atoms with Gasteiger partial charge in [0.05, 0.1) is 27.8 Å². The van der Waals surface area contributed by atoms with Crippen LogP contribution in [0, 0.1) is 11.8 Å². The fraction of sp³-hybridized carbons (Fsp3) is 0.629. The first-order valence-electron chi connectivity index (χ1n) is 16.6. The maximum absolute atomic E-state index is 14.1. The number of likely N-dealkylation sites (tertiary alicyclic amines) is 1. The van der Waals surface area contributed by atoms with Crippen LogP contribution in [-0.4, -0.2) is 90.0 Å². The molecule has 0 spiro atoms. The number of nitrogens with one attached hydrogen (secondary N) is 3. The molecular weight excluding hydrogens is 637 g/mol. The van der Waals surface area contributed by atoms with Gasteiger partial charge in [-0.05, 0) is 82.7 Å². The quantitative estimate of drug-likeness (QED) is 0.267. The number of nitrogens with zero attached hydrogens (tertiary/aromatic N) is 1. The minimum atomic E-state index is -3.83. The molecule has 4 rings (SSSR count). The number of aliphatic hydroxyl groups is 1. The molecule has 2 aliphatic rings. The Balaban J connectivity index is 1.62. The zero-order valence-electron chi connectivity index (χ0n) is 28.5. The molecule has 6 atom stereocenters. The van der Waals surface area contributed by atoms with Crippen LogP contribution in [0.3, 0.4) is 0 Å². The van der Waals surface area contributed by atoms with Crippen molar-refractivity contribution >= 4 is 38.9 Å². The fourth-order valence-corrected chi connectivity index (χ4v) is 8.01. The van der Waals surface area contributed by atoms with Crippen molar-refractivity contribution in [2.24, 2.45) is 11.8 Å². The normalized spacial score (nSPS) is 22.7. The van der Waals surface area contributed by atoms with Gasteiger partial charge in [0.25, 0.3) is 5.91 Å². The van der Waals surface area contributed by atoms with Gasteiger partial charge in [0.2, 0.25) is 11.8 Å². The number of β-amino-alcohol motifs (C(OH)–C–C–N with tert-alkyl or cyclic N) is 1. The molecule has 0 radical (unpaired) electrons. The van der Waals surface area contributed by atoms with Gasteiger partial charge >= 0.3 is 0 Å². The Morgan fingerprint density at radius 1 is 0.979 bits per heavy atom. The van der Waals surface area contributed by atoms with Crippen LogP contribution >= 0.6 is 11.3 Å². The van der Waals surface area contributed by atoms with Crippen LogP contribution in [0.15, 0.2) is 47.8 Å². The number of amides is 3. The highest BCUT2D eigenvalue weighted by atomic mass is 32.2. The molecule has 2 heterocycles. The Morgan fingerprint density at radius 3 is 2.23 bits per heavy atom. The number of carbonyl (C=O) groups is 3. The van der Waals surface area contributed by atoms with Crippen LogP contribution in [0.1, 0.15) is 82.0 Å². The van der Waals surface area contributed by atoms with E-state index in [2.05, 4.69) is 20.9 Å². The number of aliphatic hydroxyl groups excluding tert-OH is 1. The molecule has 1 saturated heterocycles. The second-order valence-electron chi connectivity index (χ2n) is 14.9. The molecule has 260 valence electrons. The number of fused-ring (bicyclic) bond motifs is 1. The van der Waals surface area contributed by atoms with Crippen molar-refractivity contribution in [3.05, 3.63) is 58.3 Å². The lowest BCUT2D eigenvalue weighted by molar-refractivity contribution is -0.133. The van der Waals surface area contributed by atoms with Crippen molar-refractivity contribution in [1.29, 1.82) is 0 Å². The smallest absolute Gasteiger partial charge is 0.262 e. The van der Waals surface area contributed by atoms with Crippen LogP contribution in [0.25, 0.3) is 0 Å². The lowest BCUT2D eigenvalue weighted by atomic mass is 9.72. The summed E-state index contributed by atoms with van der Waals surface area (Å²) >= 11 is 1.18. The predicted molar refractivity (Wildman–Crippen MR) is 186 cm³/mol. The first-order chi connectivity index (χ1) is 22.0. The van der Waals surface area contributed by atoms with Gasteiger partial charge in [-0.3, -0.25) is 19.3 Å². The van der Waals surface area contributed by atoms with Crippen LogP contribution < -0.4 is 16.0 Å². The van der Waals surface area contributed by atoms with E-state index < -0.39 is 56.2 Å². The standard InChI is InChI=1S/C35H52N4O6S2/c1-34(2,3)38-31(41)27-20-24-15-10-11-16-25(24)21-39(27)22-28(40)26(19-23-13-8-7-9-14-23)36-33(43)30(35(4,5)47(6,44)45)37-32(42)29-17-12-18-46-29/h7-9,12-14,17-18,24-28,30,40H,10-11,15-16,19-22H2,1-6H3,(H,36,43)(H,37,42)(H,38,41)/t24-,25+,26?,27?,28?,30+/m0/s1. The molecule has 0 bridgehead atoms. The molecule has 1 aromatic heterocycles. The van der Waals surface area contributed by atoms with Gasteiger partial charge in [-0.15, -0.1) is 11.3 Å². The molecule has 2 fully saturated rings. The highest BCUT2D eigenvalue weighted by molar-refractivity contribution is 7.92. The zero-order chi connectivity index (χ0) is 34.6. The van der Waals surface area contributed by atoms with Crippen LogP contribution in [0.2, 0.25) is 0 Å². The third kappa shape index (κ3) is 9.64. The van der Waals surface area contributed by atoms with E-state index in [-0.39, 0.29) is 18.9 Å². The van der Waals surface area contributed by atoms with E-state index in [0.717, 1.165) is 37.5 Å². The molecule has 3 unspecified atom stereocenters. The summed E-state index contributed by atoms with van der Waals surface area (Å²) in [6.45, 7) is 9.50. The molecule has 47 heavy (non-hydrogen) atoms. The number of rotatable bonds is 12. The van der Waals surface area contributed by atoms with E-state index in [1.165, 1.54) is 25.2 Å². The van der Waals surface area contributed by atoms with Crippen molar-refractivity contribution in [2.75, 3.05) is 19.3 Å². The Hall–Kier alpha value is -2.80. The number of benzene rings is 1. The van der Waals surface area contributed by atoms with Crippen molar-refractivity contribution in [1.82, 2.24) is 20.9 Å². The predicted octanol–water partition coefficient (Wildman–Crippen LogP) is 3.55. The SMILES string of the molecule is CC(C)(C)NC(=O)C1C[C@@H]2CCCC[C@@H]2CN1CC(O)C(Cc1ccccc1)NC(=O)[C@@H](NC(=O)c1cccs1)C(C)(C)S(C)(=O)=O. The van der Waals surface area contributed by atoms with Crippen LogP contribution in [-0.2, 0) is 25.8 Å². The van der Waals surface area contributed by atoms with Crippen molar-refractivity contribution in [2.45, 2.75) is 108 Å². The number of carbonyl (C=O) groups excluding carboxylic acids is 3. The van der Waals surface area contributed by atoms with E-state index in [4.69, 9.17) is 0 Å². The summed E-state index contributed by atoms with van der Waals surface area (Å²) in [5.74, 6) is -0.440. The summed E-state index contributed by atoms with van der Waals surface area (Å²) < 4.78 is 24.2. The lowest BCUT2D eigenvalue weighted by Gasteiger charge is -2.47. The number of hydrogen-bond acceptors (Lipinski definition) is 8. The van der Waals surface area contributed by atoms with Gasteiger partial charge in [-0.1, -0.05) is 55.7 Å². The van der Waals surface area contributed by atoms with Gasteiger partial charge in [0.1, 0.15) is 6.04 Å². The summed E-state index contributed by atoms with van der Waals surface area (Å²) in [5, 5.41) is 22.3. The maximum Gasteiger partial charge on any atom is 0.262 e. The molecule has 1 aromatic carbocycles. The summed E-state index contributed by atoms with van der Waals surface area (Å²) in [7, 11) is -3.83. The zero-order valence-corrected chi connectivity index (χ0v) is 30.1. The van der Waals surface area contributed by atoms with Gasteiger partial charge < -0.3 is 21.1 Å². The summed E-state index contributed by atoms with van der Waals surface area (Å²) in [6.07, 6.45) is 5.42. The minimum absolute atomic E-state index is 0.0661. The number of piperidine rings is 1. The van der Waals surface area contributed by atoms with Gasteiger partial charge in [0.15, 0.2) is 9.84 Å². The molecular formula is C35H52N4O6S2. The monoisotopic (exact) mass is 688 g/mol. The van der Waals surface area contributed by atoms with Crippen molar-refractivity contribution in [3.63, 3.8) is 0 Å². The molecule has 1 saturated carbocycles. The Morgan fingerprint density at radius 2 is 1.64 bits per heavy atom. The Bertz CT molecular complexity index is 1470. The number of thiophene rings is 1. The Labute approximate surface area is 284 Å². The average molecular weight is 689 g/mol. The Kier molecular flexibility index (Phi) is 12.0. The van der Waals surface area contributed by atoms with Crippen LogP contribution in [0.4, 0.5) is 0 Å². The second-order valence-corrected chi connectivity index (χ2v) is 18.4. The van der Waals surface area contributed by atoms with Gasteiger partial charge in [-0.2, -0.15) is 0 Å². The lowest BCUT2D eigenvalue weighted by Crippen LogP contribution is -2.64. The minimum Gasteiger partial charge on any atom is -0.390 e. The van der Waals surface area contributed by atoms with Crippen LogP contribution in [0.5, 0.6) is 0 Å². The summed E-state index contributed by atoms with van der Waals surface area (Å²) in [6, 6.07) is 10.0. The molecule has 10 nitrogen and oxygen atoms in total. The third-order valence-corrected chi connectivity index (χ3v) is 12.8. The summed E-state index contributed by atoms with van der Waals surface area (Å²) in [4.78, 5) is 43.2. The maximum atomic E-state index is 14.1. The van der Waals surface area contributed by atoms with Gasteiger partial charge in [0, 0.05) is 24.9 Å². The molecule has 1 aliphatic heterocycles. The topological polar surface area (TPSA) is 145 Å². The first kappa shape index (κ1) is 37.0. The van der Waals surface area contributed by atoms with E-state index in [9.17, 15) is 27.9 Å². The van der Waals surface area contributed by atoms with E-state index in [0.29, 0.717) is 29.7 Å². The molecule has 3 amide bonds. The van der Waals surface area contributed by atoms with Gasteiger partial charge in [-0.25, -0.2) is 8.42 Å². The van der Waals surface area contributed by atoms with E-state index in [1.807, 2.05) is 51.1 Å². The largest absolute Gasteiger partial charge is 0.390 e. The summed E-state index contributed by atoms with van der Waals surface area (Å²) in [5.41, 5.74) is 0.454. The highest BCUT2D eigenvalue weighted by Crippen LogP contribution is 2.39. The average Bonchev–Trinajstić information content (AvgIpc) is 3.53. The highest BCUT2D eigenvalue weighted by Gasteiger charge is 2.46. The number of hydrogen-bond donors (Lipinski definition) is 4.